The number of pyridine rings is 1. The van der Waals surface area contributed by atoms with Gasteiger partial charge in [0.25, 0.3) is 0 Å². The largest absolute Gasteiger partial charge is 0.387 e. The van der Waals surface area contributed by atoms with Gasteiger partial charge in [0.05, 0.1) is 17.3 Å². The molecule has 0 aliphatic heterocycles. The summed E-state index contributed by atoms with van der Waals surface area (Å²) in [6.45, 7) is 1.88. The summed E-state index contributed by atoms with van der Waals surface area (Å²) < 4.78 is 0. The number of para-hydroxylation sites is 1. The minimum Gasteiger partial charge on any atom is -0.387 e. The Morgan fingerprint density at radius 3 is 2.22 bits per heavy atom. The predicted octanol–water partition coefficient (Wildman–Crippen LogP) is 5.14. The fraction of sp³-hybridized carbons (Fsp3) is 0.286. The van der Waals surface area contributed by atoms with Crippen molar-refractivity contribution in [2.24, 2.45) is 0 Å². The van der Waals surface area contributed by atoms with Gasteiger partial charge in [-0.25, -0.2) is 4.98 Å². The average Bonchev–Trinajstić information content (AvgIpc) is 2.68. The van der Waals surface area contributed by atoms with Gasteiger partial charge in [-0.15, -0.1) is 35.6 Å². The number of hydrogen-bond acceptors (Lipinski definition) is 3. The van der Waals surface area contributed by atoms with E-state index >= 15 is 0 Å². The second-order valence-electron chi connectivity index (χ2n) is 6.17. The number of hydrogen-bond donors (Lipinski definition) is 1. The number of rotatable bonds is 8. The van der Waals surface area contributed by atoms with Crippen LogP contribution >= 0.6 is 35.6 Å². The zero-order valence-corrected chi connectivity index (χ0v) is 17.2. The molecule has 3 aromatic rings. The summed E-state index contributed by atoms with van der Waals surface area (Å²) in [7, 11) is 0. The topological polar surface area (TPSA) is 36.4 Å². The second kappa shape index (κ2) is 10.8. The van der Waals surface area contributed by atoms with E-state index in [1.165, 1.54) is 0 Å². The summed E-state index contributed by atoms with van der Waals surface area (Å²) in [5.41, 5.74) is 3.65. The molecule has 0 amide bonds. The zero-order valence-electron chi connectivity index (χ0n) is 14.9. The van der Waals surface area contributed by atoms with E-state index in [9.17, 15) is 5.11 Å². The molecule has 0 spiro atoms. The molecule has 3 nitrogen and oxygen atoms in total. The van der Waals surface area contributed by atoms with Crippen molar-refractivity contribution in [2.45, 2.75) is 6.10 Å². The molecule has 0 bridgehead atoms. The lowest BCUT2D eigenvalue weighted by Crippen LogP contribution is -2.32. The van der Waals surface area contributed by atoms with Crippen LogP contribution in [-0.2, 0) is 0 Å². The van der Waals surface area contributed by atoms with E-state index in [4.69, 9.17) is 28.2 Å². The zero-order chi connectivity index (χ0) is 18.4. The molecule has 0 fully saturated rings. The fourth-order valence-electron chi connectivity index (χ4n) is 3.11. The van der Waals surface area contributed by atoms with Crippen LogP contribution in [0.4, 0.5) is 0 Å². The van der Waals surface area contributed by atoms with Gasteiger partial charge in [-0.3, -0.25) is 4.90 Å². The number of fused-ring (bicyclic) bond motifs is 1. The summed E-state index contributed by atoms with van der Waals surface area (Å²) in [5.74, 6) is 1.02. The van der Waals surface area contributed by atoms with E-state index in [2.05, 4.69) is 4.90 Å². The summed E-state index contributed by atoms with van der Waals surface area (Å²) in [6, 6.07) is 19.9. The molecule has 3 rings (SSSR count). The Kier molecular flexibility index (Phi) is 8.81. The van der Waals surface area contributed by atoms with Gasteiger partial charge in [0, 0.05) is 42.3 Å². The van der Waals surface area contributed by atoms with Crippen molar-refractivity contribution < 1.29 is 5.11 Å². The normalized spacial score (nSPS) is 12.1. The first-order valence-corrected chi connectivity index (χ1v) is 9.77. The molecule has 2 aromatic carbocycles. The third kappa shape index (κ3) is 5.56. The van der Waals surface area contributed by atoms with Gasteiger partial charge in [0.15, 0.2) is 0 Å². The van der Waals surface area contributed by atoms with Crippen LogP contribution in [0.5, 0.6) is 0 Å². The van der Waals surface area contributed by atoms with Gasteiger partial charge >= 0.3 is 0 Å². The van der Waals surface area contributed by atoms with Gasteiger partial charge in [0.2, 0.25) is 0 Å². The van der Waals surface area contributed by atoms with Crippen LogP contribution in [0.3, 0.4) is 0 Å². The van der Waals surface area contributed by atoms with Crippen LogP contribution in [0.15, 0.2) is 60.7 Å². The van der Waals surface area contributed by atoms with E-state index in [1.54, 1.807) is 0 Å². The molecule has 1 atom stereocenters. The maximum Gasteiger partial charge on any atom is 0.0924 e. The SMILES string of the molecule is Cl.OC(CN(CCCl)CCCl)c1cc(-c2ccccc2)nc2ccccc12. The molecule has 1 unspecified atom stereocenters. The summed E-state index contributed by atoms with van der Waals surface area (Å²) in [6.07, 6.45) is -0.642. The maximum absolute atomic E-state index is 11.0. The van der Waals surface area contributed by atoms with E-state index in [-0.39, 0.29) is 12.4 Å². The van der Waals surface area contributed by atoms with E-state index < -0.39 is 6.10 Å². The molecule has 0 aliphatic carbocycles. The smallest absolute Gasteiger partial charge is 0.0924 e. The molecule has 1 heterocycles. The van der Waals surface area contributed by atoms with E-state index in [1.807, 2.05) is 60.7 Å². The van der Waals surface area contributed by atoms with Crippen molar-refractivity contribution in [1.82, 2.24) is 9.88 Å². The fourth-order valence-corrected chi connectivity index (χ4v) is 3.59. The van der Waals surface area contributed by atoms with Crippen LogP contribution in [-0.4, -0.2) is 46.4 Å². The second-order valence-corrected chi connectivity index (χ2v) is 6.93. The van der Waals surface area contributed by atoms with Crippen LogP contribution < -0.4 is 0 Å². The minimum absolute atomic E-state index is 0. The lowest BCUT2D eigenvalue weighted by atomic mass is 10.00. The molecule has 0 radical (unpaired) electrons. The van der Waals surface area contributed by atoms with Crippen LogP contribution in [0.1, 0.15) is 11.7 Å². The highest BCUT2D eigenvalue weighted by Gasteiger charge is 2.17. The molecular formula is C21H23Cl3N2O. The van der Waals surface area contributed by atoms with Gasteiger partial charge in [0.1, 0.15) is 0 Å². The first-order valence-electron chi connectivity index (χ1n) is 8.70. The highest BCUT2D eigenvalue weighted by molar-refractivity contribution is 6.18. The number of aliphatic hydroxyl groups excluding tert-OH is 1. The Morgan fingerprint density at radius 1 is 0.926 bits per heavy atom. The Hall–Kier alpha value is -1.36. The Morgan fingerprint density at radius 2 is 1.56 bits per heavy atom. The van der Waals surface area contributed by atoms with Crippen molar-refractivity contribution in [1.29, 1.82) is 0 Å². The van der Waals surface area contributed by atoms with Crippen LogP contribution in [0.25, 0.3) is 22.2 Å². The Labute approximate surface area is 176 Å². The quantitative estimate of drug-likeness (QED) is 0.508. The van der Waals surface area contributed by atoms with Crippen molar-refractivity contribution >= 4 is 46.5 Å². The average molecular weight is 426 g/mol. The van der Waals surface area contributed by atoms with Crippen LogP contribution in [0.2, 0.25) is 0 Å². The number of aliphatic hydroxyl groups is 1. The van der Waals surface area contributed by atoms with E-state index in [0.29, 0.717) is 31.4 Å². The highest BCUT2D eigenvalue weighted by Crippen LogP contribution is 2.29. The standard InChI is InChI=1S/C21H22Cl2N2O.ClH/c22-10-12-25(13-11-23)15-21(26)18-14-20(16-6-2-1-3-7-16)24-19-9-5-4-8-17(18)19;/h1-9,14,21,26H,10-13,15H2;1H. The molecule has 0 aliphatic rings. The van der Waals surface area contributed by atoms with Gasteiger partial charge in [-0.05, 0) is 17.7 Å². The molecule has 144 valence electrons. The molecule has 0 saturated heterocycles. The van der Waals surface area contributed by atoms with Gasteiger partial charge in [-0.1, -0.05) is 48.5 Å². The lowest BCUT2D eigenvalue weighted by Gasteiger charge is -2.24. The number of halogens is 3. The van der Waals surface area contributed by atoms with Gasteiger partial charge in [-0.2, -0.15) is 0 Å². The molecule has 0 saturated carbocycles. The summed E-state index contributed by atoms with van der Waals surface area (Å²) >= 11 is 11.8. The Bertz CT molecular complexity index is 839. The van der Waals surface area contributed by atoms with Crippen molar-refractivity contribution in [2.75, 3.05) is 31.4 Å². The third-order valence-corrected chi connectivity index (χ3v) is 4.75. The molecule has 6 heteroatoms. The summed E-state index contributed by atoms with van der Waals surface area (Å²) in [4.78, 5) is 6.86. The highest BCUT2D eigenvalue weighted by atomic mass is 35.5. The number of aromatic nitrogens is 1. The van der Waals surface area contributed by atoms with Gasteiger partial charge < -0.3 is 5.11 Å². The first-order chi connectivity index (χ1) is 12.7. The van der Waals surface area contributed by atoms with Crippen LogP contribution in [0, 0.1) is 0 Å². The van der Waals surface area contributed by atoms with Crippen molar-refractivity contribution in [3.63, 3.8) is 0 Å². The molecular weight excluding hydrogens is 403 g/mol. The number of nitrogens with zero attached hydrogens (tertiary/aromatic N) is 2. The number of alkyl halides is 2. The molecule has 1 N–H and O–H groups in total. The van der Waals surface area contributed by atoms with Crippen molar-refractivity contribution in [3.05, 3.63) is 66.2 Å². The molecule has 1 aromatic heterocycles. The lowest BCUT2D eigenvalue weighted by molar-refractivity contribution is 0.121. The Balaban J connectivity index is 0.00000261. The minimum atomic E-state index is -0.642. The third-order valence-electron chi connectivity index (χ3n) is 4.41. The monoisotopic (exact) mass is 424 g/mol. The summed E-state index contributed by atoms with van der Waals surface area (Å²) in [5, 5.41) is 11.9. The van der Waals surface area contributed by atoms with E-state index in [0.717, 1.165) is 27.7 Å². The van der Waals surface area contributed by atoms with Crippen molar-refractivity contribution in [3.8, 4) is 11.3 Å². The number of benzene rings is 2. The predicted molar refractivity (Wildman–Crippen MR) is 117 cm³/mol. The maximum atomic E-state index is 11.0. The first kappa shape index (κ1) is 21.9. The molecule has 27 heavy (non-hydrogen) atoms.